The van der Waals surface area contributed by atoms with Gasteiger partial charge in [0.1, 0.15) is 12.6 Å². The summed E-state index contributed by atoms with van der Waals surface area (Å²) in [6.07, 6.45) is 1.98. The molecule has 2 heterocycles. The molecule has 0 aliphatic carbocycles. The first kappa shape index (κ1) is 15.4. The van der Waals surface area contributed by atoms with Crippen molar-refractivity contribution in [2.24, 2.45) is 0 Å². The van der Waals surface area contributed by atoms with E-state index in [-0.39, 0.29) is 12.5 Å². The fourth-order valence-corrected chi connectivity index (χ4v) is 3.10. The lowest BCUT2D eigenvalue weighted by Crippen LogP contribution is -2.56. The highest BCUT2D eigenvalue weighted by Crippen LogP contribution is 2.23. The highest BCUT2D eigenvalue weighted by molar-refractivity contribution is 5.96. The molecule has 1 unspecified atom stereocenters. The number of benzene rings is 2. The minimum atomic E-state index is -0.459. The predicted molar refractivity (Wildman–Crippen MR) is 94.3 cm³/mol. The van der Waals surface area contributed by atoms with Crippen LogP contribution in [-0.2, 0) is 11.3 Å². The summed E-state index contributed by atoms with van der Waals surface area (Å²) in [7, 11) is 0. The molecule has 0 N–H and O–H groups in total. The van der Waals surface area contributed by atoms with Gasteiger partial charge in [-0.3, -0.25) is 14.3 Å². The molecule has 2 aromatic carbocycles. The topological polar surface area (TPSA) is 51.5 Å². The van der Waals surface area contributed by atoms with Gasteiger partial charge in [0.2, 0.25) is 0 Å². The highest BCUT2D eigenvalue weighted by atomic mass is 16.6. The zero-order valence-corrected chi connectivity index (χ0v) is 13.7. The summed E-state index contributed by atoms with van der Waals surface area (Å²) < 4.78 is 6.96. The Morgan fingerprint density at radius 1 is 1.00 bits per heavy atom. The van der Waals surface area contributed by atoms with E-state index in [9.17, 15) is 9.59 Å². The van der Waals surface area contributed by atoms with Gasteiger partial charge in [-0.05, 0) is 24.1 Å². The second-order valence-corrected chi connectivity index (χ2v) is 6.12. The molecule has 3 aromatic rings. The Bertz CT molecular complexity index is 917. The van der Waals surface area contributed by atoms with E-state index in [1.807, 2.05) is 60.7 Å². The normalized spacial score (nSPS) is 16.5. The van der Waals surface area contributed by atoms with Gasteiger partial charge in [-0.25, -0.2) is 4.79 Å². The van der Waals surface area contributed by atoms with Gasteiger partial charge < -0.3 is 4.74 Å². The number of carbonyl (C=O) groups is 2. The second-order valence-electron chi connectivity index (χ2n) is 6.12. The van der Waals surface area contributed by atoms with Crippen LogP contribution in [0, 0.1) is 0 Å². The van der Waals surface area contributed by atoms with Crippen LogP contribution in [0.1, 0.15) is 16.8 Å². The standard InChI is InChI=1S/C20H18N2O3/c23-19(21-12-10-16-8-4-5-9-17(16)21)18-11-13-22(18)20(24)25-14-15-6-2-1-3-7-15/h1-10,12,18H,11,13-14H2. The van der Waals surface area contributed by atoms with Gasteiger partial charge in [-0.1, -0.05) is 48.5 Å². The number of amides is 1. The van der Waals surface area contributed by atoms with Crippen LogP contribution >= 0.6 is 0 Å². The van der Waals surface area contributed by atoms with E-state index >= 15 is 0 Å². The minimum absolute atomic E-state index is 0.0934. The SMILES string of the molecule is O=C(OCc1ccccc1)N1CCC1C(=O)n1ccc2ccccc21. The molecular formula is C20H18N2O3. The molecule has 1 saturated heterocycles. The summed E-state index contributed by atoms with van der Waals surface area (Å²) in [5.41, 5.74) is 1.78. The predicted octanol–water partition coefficient (Wildman–Crippen LogP) is 3.69. The Balaban J connectivity index is 1.44. The van der Waals surface area contributed by atoms with E-state index in [0.29, 0.717) is 13.0 Å². The summed E-state index contributed by atoms with van der Waals surface area (Å²) in [6, 6.07) is 18.7. The van der Waals surface area contributed by atoms with E-state index in [2.05, 4.69) is 0 Å². The Kier molecular flexibility index (Phi) is 3.98. The molecule has 1 atom stereocenters. The number of carbonyl (C=O) groups excluding carboxylic acids is 2. The van der Waals surface area contributed by atoms with Gasteiger partial charge in [-0.15, -0.1) is 0 Å². The number of aromatic nitrogens is 1. The first-order chi connectivity index (χ1) is 12.2. The third-order valence-electron chi connectivity index (χ3n) is 4.58. The lowest BCUT2D eigenvalue weighted by atomic mass is 10.0. The number of nitrogens with zero attached hydrogens (tertiary/aromatic N) is 2. The first-order valence-electron chi connectivity index (χ1n) is 8.32. The average molecular weight is 334 g/mol. The van der Waals surface area contributed by atoms with Gasteiger partial charge in [0.05, 0.1) is 5.52 Å². The summed E-state index contributed by atoms with van der Waals surface area (Å²) in [6.45, 7) is 0.757. The quantitative estimate of drug-likeness (QED) is 0.734. The molecule has 0 radical (unpaired) electrons. The van der Waals surface area contributed by atoms with Crippen LogP contribution in [0.4, 0.5) is 4.79 Å². The first-order valence-corrected chi connectivity index (χ1v) is 8.32. The van der Waals surface area contributed by atoms with Crippen LogP contribution in [0.3, 0.4) is 0 Å². The van der Waals surface area contributed by atoms with E-state index in [1.54, 1.807) is 10.8 Å². The fraction of sp³-hybridized carbons (Fsp3) is 0.200. The Labute approximate surface area is 145 Å². The number of ether oxygens (including phenoxy) is 1. The molecule has 25 heavy (non-hydrogen) atoms. The fourth-order valence-electron chi connectivity index (χ4n) is 3.10. The zero-order chi connectivity index (χ0) is 17.2. The molecule has 0 saturated carbocycles. The van der Waals surface area contributed by atoms with Gasteiger partial charge in [0.25, 0.3) is 5.91 Å². The zero-order valence-electron chi connectivity index (χ0n) is 13.7. The monoisotopic (exact) mass is 334 g/mol. The van der Waals surface area contributed by atoms with E-state index in [0.717, 1.165) is 16.5 Å². The average Bonchev–Trinajstić information content (AvgIpc) is 3.04. The van der Waals surface area contributed by atoms with Crippen molar-refractivity contribution in [1.82, 2.24) is 9.47 Å². The molecule has 126 valence electrons. The van der Waals surface area contributed by atoms with Crippen LogP contribution in [-0.4, -0.2) is 34.1 Å². The Morgan fingerprint density at radius 2 is 1.76 bits per heavy atom. The molecule has 1 fully saturated rings. The third kappa shape index (κ3) is 2.89. The molecular weight excluding hydrogens is 316 g/mol. The van der Waals surface area contributed by atoms with Crippen molar-refractivity contribution in [3.8, 4) is 0 Å². The Morgan fingerprint density at radius 3 is 2.52 bits per heavy atom. The highest BCUT2D eigenvalue weighted by Gasteiger charge is 2.39. The molecule has 1 aromatic heterocycles. The lowest BCUT2D eigenvalue weighted by Gasteiger charge is -2.38. The maximum Gasteiger partial charge on any atom is 0.410 e. The van der Waals surface area contributed by atoms with Crippen molar-refractivity contribution in [3.05, 3.63) is 72.4 Å². The molecule has 1 aliphatic heterocycles. The van der Waals surface area contributed by atoms with Crippen LogP contribution in [0.2, 0.25) is 0 Å². The Hall–Kier alpha value is -3.08. The number of fused-ring (bicyclic) bond motifs is 1. The number of para-hydroxylation sites is 1. The maximum absolute atomic E-state index is 12.8. The minimum Gasteiger partial charge on any atom is -0.445 e. The van der Waals surface area contributed by atoms with Gasteiger partial charge in [0, 0.05) is 18.1 Å². The smallest absolute Gasteiger partial charge is 0.410 e. The van der Waals surface area contributed by atoms with Crippen LogP contribution in [0.5, 0.6) is 0 Å². The van der Waals surface area contributed by atoms with Gasteiger partial charge in [0.15, 0.2) is 0 Å². The lowest BCUT2D eigenvalue weighted by molar-refractivity contribution is 0.0334. The van der Waals surface area contributed by atoms with Crippen LogP contribution in [0.25, 0.3) is 10.9 Å². The molecule has 1 aliphatic rings. The van der Waals surface area contributed by atoms with Crippen molar-refractivity contribution in [3.63, 3.8) is 0 Å². The summed E-state index contributed by atoms with van der Waals surface area (Å²) >= 11 is 0. The largest absolute Gasteiger partial charge is 0.445 e. The van der Waals surface area contributed by atoms with E-state index in [1.165, 1.54) is 4.90 Å². The summed E-state index contributed by atoms with van der Waals surface area (Å²) in [5.74, 6) is -0.0934. The molecule has 5 nitrogen and oxygen atoms in total. The van der Waals surface area contributed by atoms with E-state index < -0.39 is 12.1 Å². The van der Waals surface area contributed by atoms with Crippen molar-refractivity contribution in [2.45, 2.75) is 19.1 Å². The number of hydrogen-bond acceptors (Lipinski definition) is 3. The summed E-state index contributed by atoms with van der Waals surface area (Å²) in [5, 5.41) is 1.01. The third-order valence-corrected chi connectivity index (χ3v) is 4.58. The molecule has 4 rings (SSSR count). The van der Waals surface area contributed by atoms with E-state index in [4.69, 9.17) is 4.74 Å². The van der Waals surface area contributed by atoms with Crippen molar-refractivity contribution in [1.29, 1.82) is 0 Å². The second kappa shape index (κ2) is 6.43. The molecule has 0 spiro atoms. The van der Waals surface area contributed by atoms with Crippen molar-refractivity contribution < 1.29 is 14.3 Å². The van der Waals surface area contributed by atoms with Crippen molar-refractivity contribution in [2.75, 3.05) is 6.54 Å². The molecule has 5 heteroatoms. The van der Waals surface area contributed by atoms with Gasteiger partial charge in [-0.2, -0.15) is 0 Å². The van der Waals surface area contributed by atoms with Crippen LogP contribution < -0.4 is 0 Å². The van der Waals surface area contributed by atoms with Gasteiger partial charge >= 0.3 is 6.09 Å². The number of hydrogen-bond donors (Lipinski definition) is 0. The summed E-state index contributed by atoms with van der Waals surface area (Å²) in [4.78, 5) is 26.6. The molecule has 0 bridgehead atoms. The number of rotatable bonds is 3. The van der Waals surface area contributed by atoms with Crippen molar-refractivity contribution >= 4 is 22.9 Å². The van der Waals surface area contributed by atoms with Crippen LogP contribution in [0.15, 0.2) is 66.9 Å². The number of likely N-dealkylation sites (tertiary alicyclic amines) is 1. The molecule has 1 amide bonds. The maximum atomic E-state index is 12.8.